The maximum Gasteiger partial charge on any atom is 0.346 e. The van der Waals surface area contributed by atoms with Crippen molar-refractivity contribution in [2.45, 2.75) is 11.1 Å². The fourth-order valence-electron chi connectivity index (χ4n) is 1.31. The lowest BCUT2D eigenvalue weighted by molar-refractivity contribution is -0.120. The quantitative estimate of drug-likeness (QED) is 0.804. The van der Waals surface area contributed by atoms with Gasteiger partial charge in [-0.1, -0.05) is 0 Å². The fourth-order valence-corrected chi connectivity index (χ4v) is 4.03. The zero-order valence-corrected chi connectivity index (χ0v) is 12.3. The van der Waals surface area contributed by atoms with Crippen molar-refractivity contribution in [2.75, 3.05) is 20.6 Å². The maximum absolute atomic E-state index is 12.1. The number of amides is 1. The first-order valence-electron chi connectivity index (χ1n) is 5.20. The van der Waals surface area contributed by atoms with Gasteiger partial charge < -0.3 is 10.4 Å². The molecule has 2 N–H and O–H groups in total. The van der Waals surface area contributed by atoms with Crippen LogP contribution in [-0.2, 0) is 14.8 Å². The molecule has 1 heterocycles. The third-order valence-electron chi connectivity index (χ3n) is 2.40. The predicted octanol–water partition coefficient (Wildman–Crippen LogP) is 0.121. The Bertz CT molecular complexity index is 605. The number of nitrogens with zero attached hydrogens (tertiary/aromatic N) is 1. The Kier molecular flexibility index (Phi) is 4.66. The number of carboxylic acids is 1. The zero-order valence-electron chi connectivity index (χ0n) is 10.6. The second-order valence-electron chi connectivity index (χ2n) is 3.82. The smallest absolute Gasteiger partial charge is 0.346 e. The van der Waals surface area contributed by atoms with Crippen molar-refractivity contribution < 1.29 is 23.1 Å². The van der Waals surface area contributed by atoms with Gasteiger partial charge in [-0.3, -0.25) is 4.79 Å². The molecular weight excluding hydrogens is 292 g/mol. The molecule has 0 aliphatic heterocycles. The summed E-state index contributed by atoms with van der Waals surface area (Å²) in [4.78, 5) is 22.0. The molecule has 1 amide bonds. The van der Waals surface area contributed by atoms with E-state index in [2.05, 4.69) is 5.32 Å². The number of carbonyl (C=O) groups is 2. The average Bonchev–Trinajstić information content (AvgIpc) is 2.71. The van der Waals surface area contributed by atoms with Gasteiger partial charge >= 0.3 is 5.97 Å². The summed E-state index contributed by atoms with van der Waals surface area (Å²) in [5.74, 6) is -1.62. The van der Waals surface area contributed by atoms with Crippen LogP contribution < -0.4 is 5.32 Å². The van der Waals surface area contributed by atoms with Crippen molar-refractivity contribution in [1.82, 2.24) is 9.62 Å². The molecule has 0 saturated heterocycles. The second kappa shape index (κ2) is 5.68. The van der Waals surface area contributed by atoms with E-state index < -0.39 is 21.9 Å². The Morgan fingerprint density at radius 2 is 2.05 bits per heavy atom. The van der Waals surface area contributed by atoms with Crippen LogP contribution in [0.2, 0.25) is 0 Å². The molecule has 0 fully saturated rings. The summed E-state index contributed by atoms with van der Waals surface area (Å²) in [7, 11) is -1.18. The van der Waals surface area contributed by atoms with Crippen LogP contribution in [0, 0.1) is 6.92 Å². The van der Waals surface area contributed by atoms with Gasteiger partial charge in [-0.2, -0.15) is 4.31 Å². The first kappa shape index (κ1) is 15.6. The molecule has 1 aromatic rings. The molecule has 19 heavy (non-hydrogen) atoms. The molecule has 0 saturated carbocycles. The monoisotopic (exact) mass is 306 g/mol. The lowest BCUT2D eigenvalue weighted by Crippen LogP contribution is -2.36. The van der Waals surface area contributed by atoms with Gasteiger partial charge in [0.1, 0.15) is 9.09 Å². The highest BCUT2D eigenvalue weighted by atomic mass is 32.2. The minimum atomic E-state index is -3.85. The molecule has 7 nitrogen and oxygen atoms in total. The van der Waals surface area contributed by atoms with Crippen LogP contribution in [0.1, 0.15) is 15.2 Å². The highest BCUT2D eigenvalue weighted by Gasteiger charge is 2.26. The van der Waals surface area contributed by atoms with Gasteiger partial charge in [0.05, 0.1) is 6.54 Å². The van der Waals surface area contributed by atoms with Crippen LogP contribution in [0.5, 0.6) is 0 Å². The van der Waals surface area contributed by atoms with Gasteiger partial charge in [0.2, 0.25) is 5.91 Å². The molecule has 106 valence electrons. The van der Waals surface area contributed by atoms with Crippen LogP contribution in [0.15, 0.2) is 10.3 Å². The number of hydrogen-bond acceptors (Lipinski definition) is 5. The summed E-state index contributed by atoms with van der Waals surface area (Å²) in [6, 6.07) is 1.30. The molecule has 0 aromatic carbocycles. The second-order valence-corrected chi connectivity index (χ2v) is 7.14. The summed E-state index contributed by atoms with van der Waals surface area (Å²) >= 11 is 0.677. The maximum atomic E-state index is 12.1. The molecule has 0 atom stereocenters. The Balaban J connectivity index is 3.10. The highest BCUT2D eigenvalue weighted by Crippen LogP contribution is 2.27. The summed E-state index contributed by atoms with van der Waals surface area (Å²) in [5, 5.41) is 11.2. The van der Waals surface area contributed by atoms with Gasteiger partial charge in [-0.05, 0) is 18.6 Å². The Morgan fingerprint density at radius 1 is 1.47 bits per heavy atom. The van der Waals surface area contributed by atoms with Crippen LogP contribution in [0.4, 0.5) is 0 Å². The SMILES string of the molecule is CNC(=O)CN(C)S(=O)(=O)c1cc(C)c(C(=O)O)s1. The number of aromatic carboxylic acids is 1. The van der Waals surface area contributed by atoms with Crippen LogP contribution in [0.25, 0.3) is 0 Å². The van der Waals surface area contributed by atoms with Gasteiger partial charge in [0.15, 0.2) is 0 Å². The summed E-state index contributed by atoms with van der Waals surface area (Å²) < 4.78 is 25.1. The van der Waals surface area contributed by atoms with E-state index in [4.69, 9.17) is 5.11 Å². The van der Waals surface area contributed by atoms with E-state index in [0.29, 0.717) is 16.9 Å². The van der Waals surface area contributed by atoms with Crippen molar-refractivity contribution in [3.05, 3.63) is 16.5 Å². The molecule has 1 aromatic heterocycles. The molecule has 0 aliphatic rings. The van der Waals surface area contributed by atoms with Crippen LogP contribution >= 0.6 is 11.3 Å². The van der Waals surface area contributed by atoms with Crippen molar-refractivity contribution in [3.63, 3.8) is 0 Å². The van der Waals surface area contributed by atoms with Crippen molar-refractivity contribution in [3.8, 4) is 0 Å². The topological polar surface area (TPSA) is 104 Å². The Hall–Kier alpha value is -1.45. The lowest BCUT2D eigenvalue weighted by atomic mass is 10.3. The first-order valence-corrected chi connectivity index (χ1v) is 7.46. The number of likely N-dealkylation sites (N-methyl/N-ethyl adjacent to an activating group) is 2. The molecule has 1 rings (SSSR count). The van der Waals surface area contributed by atoms with Gasteiger partial charge in [-0.25, -0.2) is 13.2 Å². The molecule has 0 aliphatic carbocycles. The number of carbonyl (C=O) groups excluding carboxylic acids is 1. The number of hydrogen-bond donors (Lipinski definition) is 2. The van der Waals surface area contributed by atoms with E-state index >= 15 is 0 Å². The standard InChI is InChI=1S/C10H14N2O5S2/c1-6-4-8(18-9(6)10(14)15)19(16,17)12(3)5-7(13)11-2/h4H,5H2,1-3H3,(H,11,13)(H,14,15). The minimum Gasteiger partial charge on any atom is -0.477 e. The minimum absolute atomic E-state index is 0.0214. The van der Waals surface area contributed by atoms with E-state index in [9.17, 15) is 18.0 Å². The molecule has 9 heteroatoms. The van der Waals surface area contributed by atoms with Crippen molar-refractivity contribution in [2.24, 2.45) is 0 Å². The van der Waals surface area contributed by atoms with Crippen LogP contribution in [-0.4, -0.2) is 50.3 Å². The predicted molar refractivity (Wildman–Crippen MR) is 69.9 cm³/mol. The third kappa shape index (κ3) is 3.31. The molecule has 0 spiro atoms. The number of sulfonamides is 1. The van der Waals surface area contributed by atoms with E-state index in [1.807, 2.05) is 0 Å². The average molecular weight is 306 g/mol. The van der Waals surface area contributed by atoms with Crippen molar-refractivity contribution in [1.29, 1.82) is 0 Å². The van der Waals surface area contributed by atoms with E-state index in [-0.39, 0.29) is 15.6 Å². The Labute approximate surface area is 114 Å². The number of aryl methyl sites for hydroxylation is 1. The summed E-state index contributed by atoms with van der Waals surface area (Å²) in [6.07, 6.45) is 0. The van der Waals surface area contributed by atoms with E-state index in [1.54, 1.807) is 0 Å². The molecule has 0 unspecified atom stereocenters. The number of rotatable bonds is 5. The van der Waals surface area contributed by atoms with Gasteiger partial charge in [0.25, 0.3) is 10.0 Å². The normalized spacial score (nSPS) is 11.6. The Morgan fingerprint density at radius 3 is 2.47 bits per heavy atom. The molecular formula is C10H14N2O5S2. The number of thiophene rings is 1. The van der Waals surface area contributed by atoms with E-state index in [1.165, 1.54) is 27.1 Å². The summed E-state index contributed by atoms with van der Waals surface area (Å²) in [6.45, 7) is 1.20. The van der Waals surface area contributed by atoms with Crippen molar-refractivity contribution >= 4 is 33.2 Å². The highest BCUT2D eigenvalue weighted by molar-refractivity contribution is 7.91. The molecule has 0 bridgehead atoms. The van der Waals surface area contributed by atoms with Crippen LogP contribution in [0.3, 0.4) is 0 Å². The third-order valence-corrected chi connectivity index (χ3v) is 5.88. The molecule has 0 radical (unpaired) electrons. The van der Waals surface area contributed by atoms with E-state index in [0.717, 1.165) is 4.31 Å². The number of nitrogens with one attached hydrogen (secondary N) is 1. The largest absolute Gasteiger partial charge is 0.477 e. The fraction of sp³-hybridized carbons (Fsp3) is 0.400. The lowest BCUT2D eigenvalue weighted by Gasteiger charge is -2.14. The number of carboxylic acid groups (broad SMARTS) is 1. The summed E-state index contributed by atoms with van der Waals surface area (Å²) in [5.41, 5.74) is 0.379. The first-order chi connectivity index (χ1) is 8.70. The van der Waals surface area contributed by atoms with Gasteiger partial charge in [-0.15, -0.1) is 11.3 Å². The van der Waals surface area contributed by atoms with Gasteiger partial charge in [0, 0.05) is 14.1 Å². The zero-order chi connectivity index (χ0) is 14.8.